The van der Waals surface area contributed by atoms with Gasteiger partial charge in [-0.1, -0.05) is 6.07 Å². The van der Waals surface area contributed by atoms with Gasteiger partial charge in [0.2, 0.25) is 5.95 Å². The third-order valence-electron chi connectivity index (χ3n) is 4.62. The van der Waals surface area contributed by atoms with Crippen molar-refractivity contribution in [1.29, 1.82) is 0 Å². The van der Waals surface area contributed by atoms with Gasteiger partial charge in [-0.15, -0.1) is 0 Å². The Morgan fingerprint density at radius 3 is 2.59 bits per heavy atom. The van der Waals surface area contributed by atoms with Crippen molar-refractivity contribution in [2.45, 2.75) is 30.3 Å². The van der Waals surface area contributed by atoms with E-state index in [2.05, 4.69) is 4.98 Å². The molecule has 2 heterocycles. The lowest BCUT2D eigenvalue weighted by molar-refractivity contribution is 0.281. The molecule has 2 aromatic heterocycles. The van der Waals surface area contributed by atoms with E-state index < -0.39 is 21.8 Å². The van der Waals surface area contributed by atoms with Gasteiger partial charge in [0.05, 0.1) is 22.8 Å². The number of hydrogen-bond donors (Lipinski definition) is 1. The lowest BCUT2D eigenvalue weighted by atomic mass is 10.0. The van der Waals surface area contributed by atoms with Crippen LogP contribution in [0.1, 0.15) is 29.9 Å². The van der Waals surface area contributed by atoms with E-state index in [0.29, 0.717) is 11.1 Å². The molecule has 8 heteroatoms. The summed E-state index contributed by atoms with van der Waals surface area (Å²) in [6.07, 6.45) is 4.21. The molecule has 1 aliphatic rings. The van der Waals surface area contributed by atoms with E-state index in [1.807, 2.05) is 0 Å². The molecule has 1 aromatic carbocycles. The van der Waals surface area contributed by atoms with Gasteiger partial charge in [0.25, 0.3) is 10.0 Å². The lowest BCUT2D eigenvalue weighted by Crippen LogP contribution is -2.14. The Morgan fingerprint density at radius 1 is 1.19 bits per heavy atom. The topological polar surface area (TPSA) is 72.2 Å². The van der Waals surface area contributed by atoms with Gasteiger partial charge in [-0.25, -0.2) is 21.8 Å². The lowest BCUT2D eigenvalue weighted by Gasteiger charge is -2.13. The summed E-state index contributed by atoms with van der Waals surface area (Å²) in [6.45, 7) is -0.383. The van der Waals surface area contributed by atoms with E-state index in [-0.39, 0.29) is 28.7 Å². The molecule has 0 spiro atoms. The highest BCUT2D eigenvalue weighted by Crippen LogP contribution is 2.48. The van der Waals surface area contributed by atoms with E-state index >= 15 is 0 Å². The van der Waals surface area contributed by atoms with Crippen molar-refractivity contribution in [3.8, 4) is 11.3 Å². The second kappa shape index (κ2) is 6.54. The molecule has 0 bridgehead atoms. The number of aromatic nitrogens is 2. The van der Waals surface area contributed by atoms with Gasteiger partial charge in [-0.2, -0.15) is 4.39 Å². The molecule has 0 unspecified atom stereocenters. The molecule has 1 aliphatic carbocycles. The molecule has 0 radical (unpaired) electrons. The van der Waals surface area contributed by atoms with Crippen LogP contribution in [0.15, 0.2) is 53.7 Å². The van der Waals surface area contributed by atoms with Crippen LogP contribution in [0.25, 0.3) is 11.3 Å². The number of nitrogens with zero attached hydrogens (tertiary/aromatic N) is 2. The molecule has 3 aromatic rings. The quantitative estimate of drug-likeness (QED) is 0.678. The van der Waals surface area contributed by atoms with Crippen LogP contribution in [0.3, 0.4) is 0 Å². The zero-order valence-electron chi connectivity index (χ0n) is 14.1. The first-order valence-corrected chi connectivity index (χ1v) is 9.84. The van der Waals surface area contributed by atoms with Gasteiger partial charge in [-0.05, 0) is 54.7 Å². The second-order valence-corrected chi connectivity index (χ2v) is 8.26. The van der Waals surface area contributed by atoms with Crippen molar-refractivity contribution in [3.63, 3.8) is 0 Å². The molecule has 1 fully saturated rings. The van der Waals surface area contributed by atoms with Crippen LogP contribution in [-0.2, 0) is 16.6 Å². The van der Waals surface area contributed by atoms with Crippen molar-refractivity contribution in [2.24, 2.45) is 0 Å². The van der Waals surface area contributed by atoms with Crippen LogP contribution < -0.4 is 0 Å². The predicted molar refractivity (Wildman–Crippen MR) is 94.5 cm³/mol. The first kappa shape index (κ1) is 17.8. The first-order chi connectivity index (χ1) is 12.9. The van der Waals surface area contributed by atoms with Crippen LogP contribution in [-0.4, -0.2) is 22.5 Å². The number of halogens is 2. The number of aliphatic hydroxyl groups excluding tert-OH is 1. The maximum absolute atomic E-state index is 14.4. The minimum absolute atomic E-state index is 0.0269. The summed E-state index contributed by atoms with van der Waals surface area (Å²) in [5.74, 6) is -1.45. The number of rotatable bonds is 5. The van der Waals surface area contributed by atoms with E-state index in [0.717, 1.165) is 28.9 Å². The Labute approximate surface area is 155 Å². The summed E-state index contributed by atoms with van der Waals surface area (Å²) in [5, 5.41) is 9.75. The van der Waals surface area contributed by atoms with Gasteiger partial charge in [0, 0.05) is 18.0 Å². The monoisotopic (exact) mass is 390 g/mol. The molecule has 0 saturated heterocycles. The molecule has 27 heavy (non-hydrogen) atoms. The Bertz CT molecular complexity index is 1120. The minimum atomic E-state index is -4.20. The highest BCUT2D eigenvalue weighted by Gasteiger charge is 2.35. The van der Waals surface area contributed by atoms with Gasteiger partial charge in [-0.3, -0.25) is 0 Å². The maximum Gasteiger partial charge on any atom is 0.268 e. The van der Waals surface area contributed by atoms with E-state index in [4.69, 9.17) is 0 Å². The van der Waals surface area contributed by atoms with Crippen LogP contribution in [0, 0.1) is 11.8 Å². The van der Waals surface area contributed by atoms with Crippen molar-refractivity contribution in [2.75, 3.05) is 0 Å². The molecule has 0 amide bonds. The number of pyridine rings is 1. The average Bonchev–Trinajstić information content (AvgIpc) is 3.41. The SMILES string of the molecule is O=S(=O)(c1cccc(F)c1)n1cc(CO)c(C2CC2)c1-c1cccnc1F. The van der Waals surface area contributed by atoms with Crippen molar-refractivity contribution < 1.29 is 22.3 Å². The molecule has 1 saturated carbocycles. The fourth-order valence-electron chi connectivity index (χ4n) is 3.26. The van der Waals surface area contributed by atoms with E-state index in [9.17, 15) is 22.3 Å². The smallest absolute Gasteiger partial charge is 0.268 e. The maximum atomic E-state index is 14.4. The molecule has 1 N–H and O–H groups in total. The Morgan fingerprint density at radius 2 is 1.96 bits per heavy atom. The van der Waals surface area contributed by atoms with Gasteiger partial charge in [0.15, 0.2) is 0 Å². The summed E-state index contributed by atoms with van der Waals surface area (Å²) in [7, 11) is -4.20. The highest BCUT2D eigenvalue weighted by molar-refractivity contribution is 7.90. The van der Waals surface area contributed by atoms with Crippen molar-refractivity contribution in [3.05, 3.63) is 71.7 Å². The number of benzene rings is 1. The fourth-order valence-corrected chi connectivity index (χ4v) is 4.70. The minimum Gasteiger partial charge on any atom is -0.392 e. The summed E-state index contributed by atoms with van der Waals surface area (Å²) >= 11 is 0. The first-order valence-electron chi connectivity index (χ1n) is 8.40. The van der Waals surface area contributed by atoms with E-state index in [1.54, 1.807) is 0 Å². The Hall–Kier alpha value is -2.58. The Balaban J connectivity index is 2.03. The zero-order chi connectivity index (χ0) is 19.2. The van der Waals surface area contributed by atoms with Crippen molar-refractivity contribution >= 4 is 10.0 Å². The summed E-state index contributed by atoms with van der Waals surface area (Å²) in [4.78, 5) is 3.37. The molecular weight excluding hydrogens is 374 g/mol. The molecule has 4 rings (SSSR count). The summed E-state index contributed by atoms with van der Waals surface area (Å²) < 4.78 is 55.4. The van der Waals surface area contributed by atoms with Gasteiger partial charge < -0.3 is 5.11 Å². The second-order valence-electron chi connectivity index (χ2n) is 6.45. The zero-order valence-corrected chi connectivity index (χ0v) is 15.0. The largest absolute Gasteiger partial charge is 0.392 e. The molecule has 5 nitrogen and oxygen atoms in total. The highest BCUT2D eigenvalue weighted by atomic mass is 32.2. The fraction of sp³-hybridized carbons (Fsp3) is 0.211. The predicted octanol–water partition coefficient (Wildman–Crippen LogP) is 3.44. The standard InChI is InChI=1S/C19H16F2N2O3S/c20-14-3-1-4-15(9-14)27(25,26)23-10-13(11-24)17(12-6-7-12)18(23)16-5-2-8-22-19(16)21/h1-5,8-10,12,24H,6-7,11H2. The molecular formula is C19H16F2N2O3S. The third-order valence-corrected chi connectivity index (χ3v) is 6.27. The van der Waals surface area contributed by atoms with Gasteiger partial charge in [0.1, 0.15) is 5.82 Å². The molecule has 0 aliphatic heterocycles. The van der Waals surface area contributed by atoms with Crippen LogP contribution in [0.5, 0.6) is 0 Å². The number of aliphatic hydroxyl groups is 1. The van der Waals surface area contributed by atoms with Crippen LogP contribution in [0.2, 0.25) is 0 Å². The summed E-state index contributed by atoms with van der Waals surface area (Å²) in [6, 6.07) is 7.59. The van der Waals surface area contributed by atoms with Crippen LogP contribution in [0.4, 0.5) is 8.78 Å². The van der Waals surface area contributed by atoms with E-state index in [1.165, 1.54) is 36.7 Å². The Kier molecular flexibility index (Phi) is 4.32. The van der Waals surface area contributed by atoms with Gasteiger partial charge >= 0.3 is 0 Å². The summed E-state index contributed by atoms with van der Waals surface area (Å²) in [5.41, 5.74) is 1.18. The average molecular weight is 390 g/mol. The van der Waals surface area contributed by atoms with Crippen molar-refractivity contribution in [1.82, 2.24) is 8.96 Å². The molecule has 0 atom stereocenters. The normalized spacial score (nSPS) is 14.5. The molecule has 140 valence electrons. The number of hydrogen-bond acceptors (Lipinski definition) is 4. The van der Waals surface area contributed by atoms with Crippen LogP contribution >= 0.6 is 0 Å². The third kappa shape index (κ3) is 3.04.